The summed E-state index contributed by atoms with van der Waals surface area (Å²) in [7, 11) is 0. The summed E-state index contributed by atoms with van der Waals surface area (Å²) in [6, 6.07) is 0. The minimum absolute atomic E-state index is 0.207. The van der Waals surface area contributed by atoms with Crippen molar-refractivity contribution in [3.8, 4) is 0 Å². The number of morpholine rings is 1. The van der Waals surface area contributed by atoms with Crippen molar-refractivity contribution in [2.24, 2.45) is 0 Å². The van der Waals surface area contributed by atoms with Gasteiger partial charge in [-0.1, -0.05) is 0 Å². The molecular weight excluding hydrogens is 78.0 g/mol. The van der Waals surface area contributed by atoms with Crippen LogP contribution in [-0.2, 0) is 4.74 Å². The monoisotopic (exact) mass is 95.1 g/mol. The van der Waals surface area contributed by atoms with Gasteiger partial charge in [0.05, 0.1) is 17.3 Å². The van der Waals surface area contributed by atoms with E-state index in [-0.39, 0.29) is 5.31 Å². The molecule has 0 aliphatic carbocycles. The molecule has 36 valence electrons. The van der Waals surface area contributed by atoms with Crippen LogP contribution < -0.4 is 5.31 Å². The van der Waals surface area contributed by atoms with Gasteiger partial charge in [-0.2, -0.15) is 0 Å². The van der Waals surface area contributed by atoms with Crippen LogP contribution in [0.15, 0.2) is 0 Å². The van der Waals surface area contributed by atoms with Gasteiger partial charge < -0.3 is 10.0 Å². The third kappa shape index (κ3) is 0.954. The Morgan fingerprint density at radius 3 is 3.83 bits per heavy atom. The van der Waals surface area contributed by atoms with E-state index in [9.17, 15) is 0 Å². The average Bonchev–Trinajstić information content (AvgIpc) is 1.99. The highest BCUT2D eigenvalue weighted by atomic mass is 16.5. The summed E-state index contributed by atoms with van der Waals surface area (Å²) in [4.78, 5) is 0. The first kappa shape index (κ1) is 0.740. The Morgan fingerprint density at radius 2 is 2.83 bits per heavy atom. The summed E-state index contributed by atoms with van der Waals surface area (Å²) < 4.78 is 61.3. The van der Waals surface area contributed by atoms with Crippen molar-refractivity contribution in [2.45, 2.75) is 0 Å². The predicted octanol–water partition coefficient (Wildman–Crippen LogP) is -0.394. The minimum Gasteiger partial charge on any atom is -0.379 e. The lowest BCUT2D eigenvalue weighted by Crippen LogP contribution is -2.30. The third-order valence-corrected chi connectivity index (χ3v) is 0.337. The lowest BCUT2D eigenvalue weighted by Gasteiger charge is -2.10. The SMILES string of the molecule is [2H]C1OC([2H])([2H])C([2H])([2H])N([2H])C1([2H])[2H]. The van der Waals surface area contributed by atoms with Crippen LogP contribution in [0, 0.1) is 0 Å². The van der Waals surface area contributed by atoms with Crippen LogP contribution in [0.1, 0.15) is 9.60 Å². The highest BCUT2D eigenvalue weighted by molar-refractivity contribution is 4.49. The van der Waals surface area contributed by atoms with Crippen LogP contribution in [0.4, 0.5) is 0 Å². The zero-order chi connectivity index (χ0) is 11.4. The van der Waals surface area contributed by atoms with Gasteiger partial charge in [-0.15, -0.1) is 0 Å². The van der Waals surface area contributed by atoms with Gasteiger partial charge in [0.25, 0.3) is 0 Å². The van der Waals surface area contributed by atoms with Gasteiger partial charge in [-0.25, -0.2) is 0 Å². The van der Waals surface area contributed by atoms with Crippen molar-refractivity contribution in [1.29, 1.82) is 0 Å². The molecule has 0 aromatic rings. The van der Waals surface area contributed by atoms with E-state index in [1.54, 1.807) is 0 Å². The Labute approximate surface area is 48.8 Å². The van der Waals surface area contributed by atoms with Crippen molar-refractivity contribution >= 4 is 0 Å². The normalized spacial score (nSPS) is 84.3. The molecule has 1 unspecified atom stereocenters. The van der Waals surface area contributed by atoms with Gasteiger partial charge in [0.1, 0.15) is 1.41 Å². The lowest BCUT2D eigenvalue weighted by atomic mass is 10.5. The summed E-state index contributed by atoms with van der Waals surface area (Å²) in [5.41, 5.74) is 0. The van der Waals surface area contributed by atoms with Gasteiger partial charge in [-0.05, 0) is 0 Å². The van der Waals surface area contributed by atoms with E-state index in [0.29, 0.717) is 0 Å². The molecule has 1 aliphatic heterocycles. The molecule has 0 saturated carbocycles. The van der Waals surface area contributed by atoms with Gasteiger partial charge in [-0.3, -0.25) is 0 Å². The summed E-state index contributed by atoms with van der Waals surface area (Å²) in [5.74, 6) is 0. The van der Waals surface area contributed by atoms with Crippen LogP contribution in [-0.4, -0.2) is 26.1 Å². The molecule has 1 heterocycles. The predicted molar refractivity (Wildman–Crippen MR) is 23.7 cm³/mol. The first-order valence-corrected chi connectivity index (χ1v) is 1.43. The maximum atomic E-state index is 7.16. The number of hydrogen-bond donors (Lipinski definition) is 1. The maximum Gasteiger partial charge on any atom is 0.122 e. The molecule has 2 nitrogen and oxygen atoms in total. The lowest BCUT2D eigenvalue weighted by molar-refractivity contribution is 0.109. The van der Waals surface area contributed by atoms with Crippen molar-refractivity contribution in [3.63, 3.8) is 0 Å². The Morgan fingerprint density at radius 1 is 1.83 bits per heavy atom. The third-order valence-electron chi connectivity index (χ3n) is 0.337. The highest BCUT2D eigenvalue weighted by Crippen LogP contribution is 1.76. The summed E-state index contributed by atoms with van der Waals surface area (Å²) in [5, 5.41) is -0.207. The van der Waals surface area contributed by atoms with Gasteiger partial charge >= 0.3 is 0 Å². The van der Waals surface area contributed by atoms with Crippen molar-refractivity contribution < 1.29 is 15.7 Å². The highest BCUT2D eigenvalue weighted by Gasteiger charge is 1.92. The van der Waals surface area contributed by atoms with Crippen molar-refractivity contribution in [3.05, 3.63) is 0 Å². The van der Waals surface area contributed by atoms with E-state index in [1.807, 2.05) is 0 Å². The van der Waals surface area contributed by atoms with Crippen LogP contribution in [0.2, 0.25) is 1.41 Å². The fourth-order valence-corrected chi connectivity index (χ4v) is 0.164. The molecule has 1 aliphatic rings. The second-order valence-corrected chi connectivity index (χ2v) is 0.690. The Balaban J connectivity index is 3.10. The summed E-state index contributed by atoms with van der Waals surface area (Å²) in [6.45, 7) is -10.5. The molecule has 6 heavy (non-hydrogen) atoms. The van der Waals surface area contributed by atoms with Crippen molar-refractivity contribution in [1.82, 2.24) is 5.31 Å². The molecule has 1 saturated heterocycles. The molecule has 1 rings (SSSR count). The Kier molecular flexibility index (Phi) is 0.266. The number of hydrogen-bond acceptors (Lipinski definition) is 2. The smallest absolute Gasteiger partial charge is 0.122 e. The van der Waals surface area contributed by atoms with E-state index >= 15 is 0 Å². The molecule has 2 heteroatoms. The van der Waals surface area contributed by atoms with E-state index in [0.717, 1.165) is 0 Å². The van der Waals surface area contributed by atoms with Crippen LogP contribution in [0.25, 0.3) is 0 Å². The fourth-order valence-electron chi connectivity index (χ4n) is 0.164. The van der Waals surface area contributed by atoms with Crippen LogP contribution in [0.3, 0.4) is 0 Å². The molecule has 0 aromatic carbocycles. The Hall–Kier alpha value is -0.0800. The van der Waals surface area contributed by atoms with Crippen molar-refractivity contribution in [2.75, 3.05) is 26.1 Å². The largest absolute Gasteiger partial charge is 0.379 e. The number of nitrogens with one attached hydrogen (secondary N) is 1. The summed E-state index contributed by atoms with van der Waals surface area (Å²) >= 11 is 0. The molecule has 0 spiro atoms. The topological polar surface area (TPSA) is 21.3 Å². The molecule has 0 radical (unpaired) electrons. The second kappa shape index (κ2) is 2.16. The summed E-state index contributed by atoms with van der Waals surface area (Å²) in [6.07, 6.45) is 0. The molecule has 1 atom stereocenters. The number of rotatable bonds is 0. The van der Waals surface area contributed by atoms with E-state index < -0.39 is 26.1 Å². The molecule has 0 bridgehead atoms. The molecule has 0 amide bonds. The van der Waals surface area contributed by atoms with E-state index in [1.165, 1.54) is 0 Å². The number of ether oxygens (including phenoxy) is 1. The van der Waals surface area contributed by atoms with Gasteiger partial charge in [0, 0.05) is 18.5 Å². The molecular formula is C4H9NO. The van der Waals surface area contributed by atoms with Gasteiger partial charge in [0.2, 0.25) is 0 Å². The van der Waals surface area contributed by atoms with Gasteiger partial charge in [0.15, 0.2) is 0 Å². The van der Waals surface area contributed by atoms with E-state index in [2.05, 4.69) is 4.74 Å². The first-order chi connectivity index (χ1) is 6.03. The minimum atomic E-state index is -2.94. The van der Waals surface area contributed by atoms with Crippen LogP contribution >= 0.6 is 0 Å². The first-order valence-electron chi connectivity index (χ1n) is 5.45. The van der Waals surface area contributed by atoms with Crippen LogP contribution in [0.5, 0.6) is 0 Å². The fraction of sp³-hybridized carbons (Fsp3) is 1.00. The molecule has 1 N–H and O–H groups in total. The Bertz CT molecular complexity index is 239. The standard InChI is InChI=1S/C4H9NO/c1-3-6-4-2-5-1/h5H,1-4H2/i1D2,2D2,3D,4D2/hD. The second-order valence-electron chi connectivity index (χ2n) is 0.690. The molecule has 1 fully saturated rings. The maximum absolute atomic E-state index is 7.16. The quantitative estimate of drug-likeness (QED) is 0.442. The zero-order valence-electron chi connectivity index (χ0n) is 10.9. The zero-order valence-corrected chi connectivity index (χ0v) is 2.93. The molecule has 0 aromatic heterocycles. The van der Waals surface area contributed by atoms with E-state index in [4.69, 9.17) is 11.0 Å². The average molecular weight is 95.2 g/mol.